The fourth-order valence-electron chi connectivity index (χ4n) is 3.62. The van der Waals surface area contributed by atoms with Gasteiger partial charge < -0.3 is 14.6 Å². The number of nitrogens with zero attached hydrogens (tertiary/aromatic N) is 4. The first kappa shape index (κ1) is 23.6. The van der Waals surface area contributed by atoms with Gasteiger partial charge in [0.05, 0.1) is 6.26 Å². The number of guanidine groups is 1. The molecule has 0 amide bonds. The minimum absolute atomic E-state index is 0. The fraction of sp³-hybridized carbons (Fsp3) is 0.409. The smallest absolute Gasteiger partial charge is 0.193 e. The van der Waals surface area contributed by atoms with E-state index in [-0.39, 0.29) is 24.0 Å². The van der Waals surface area contributed by atoms with Gasteiger partial charge in [-0.3, -0.25) is 10.1 Å². The van der Waals surface area contributed by atoms with Crippen LogP contribution in [0.2, 0.25) is 0 Å². The molecule has 7 nitrogen and oxygen atoms in total. The zero-order valence-electron chi connectivity index (χ0n) is 17.4. The summed E-state index contributed by atoms with van der Waals surface area (Å²) in [6.45, 7) is 3.51. The van der Waals surface area contributed by atoms with Crippen molar-refractivity contribution in [2.45, 2.75) is 30.1 Å². The van der Waals surface area contributed by atoms with Gasteiger partial charge in [0, 0.05) is 49.2 Å². The lowest BCUT2D eigenvalue weighted by Gasteiger charge is -2.33. The van der Waals surface area contributed by atoms with Crippen LogP contribution in [0.4, 0.5) is 0 Å². The van der Waals surface area contributed by atoms with Gasteiger partial charge >= 0.3 is 0 Å². The third-order valence-electron chi connectivity index (χ3n) is 5.21. The second-order valence-corrected chi connectivity index (χ2v) is 8.42. The van der Waals surface area contributed by atoms with E-state index in [1.54, 1.807) is 12.6 Å². The minimum Gasteiger partial charge on any atom is -0.469 e. The predicted octanol–water partition coefficient (Wildman–Crippen LogP) is 4.18. The number of nitrogens with one attached hydrogen (secondary N) is 2. The van der Waals surface area contributed by atoms with E-state index < -0.39 is 0 Å². The number of rotatable bonds is 8. The number of thioether (sulfide) groups is 1. The average molecular weight is 552 g/mol. The first-order valence-electron chi connectivity index (χ1n) is 10.5. The maximum absolute atomic E-state index is 5.44. The van der Waals surface area contributed by atoms with Crippen LogP contribution in [0, 0.1) is 0 Å². The van der Waals surface area contributed by atoms with Crippen molar-refractivity contribution >= 4 is 41.7 Å². The maximum atomic E-state index is 5.44. The van der Waals surface area contributed by atoms with Crippen LogP contribution in [0.5, 0.6) is 0 Å². The summed E-state index contributed by atoms with van der Waals surface area (Å²) in [5.74, 6) is 4.41. The summed E-state index contributed by atoms with van der Waals surface area (Å²) in [4.78, 5) is 12.9. The van der Waals surface area contributed by atoms with Crippen molar-refractivity contribution in [2.75, 3.05) is 31.9 Å². The Kier molecular flexibility index (Phi) is 9.73. The lowest BCUT2D eigenvalue weighted by Crippen LogP contribution is -2.46. The summed E-state index contributed by atoms with van der Waals surface area (Å²) < 4.78 is 5.44. The molecule has 31 heavy (non-hydrogen) atoms. The number of aromatic nitrogens is 3. The van der Waals surface area contributed by atoms with Gasteiger partial charge in [0.15, 0.2) is 5.96 Å². The van der Waals surface area contributed by atoms with Gasteiger partial charge in [-0.25, -0.2) is 4.98 Å². The van der Waals surface area contributed by atoms with Gasteiger partial charge in [-0.05, 0) is 37.1 Å². The summed E-state index contributed by atoms with van der Waals surface area (Å²) in [5.41, 5.74) is 0. The first-order valence-corrected chi connectivity index (χ1v) is 11.5. The summed E-state index contributed by atoms with van der Waals surface area (Å²) >= 11 is 1.86. The van der Waals surface area contributed by atoms with E-state index in [1.165, 1.54) is 4.90 Å². The van der Waals surface area contributed by atoms with Crippen molar-refractivity contribution in [3.8, 4) is 0 Å². The van der Waals surface area contributed by atoms with Crippen molar-refractivity contribution in [3.63, 3.8) is 0 Å². The molecule has 0 spiro atoms. The zero-order chi connectivity index (χ0) is 20.4. The number of benzene rings is 1. The second kappa shape index (κ2) is 12.7. The Morgan fingerprint density at radius 1 is 1.19 bits per heavy atom. The van der Waals surface area contributed by atoms with Crippen molar-refractivity contribution in [1.82, 2.24) is 25.4 Å². The topological polar surface area (TPSA) is 82.3 Å². The summed E-state index contributed by atoms with van der Waals surface area (Å²) in [6, 6.07) is 14.4. The van der Waals surface area contributed by atoms with E-state index in [0.717, 1.165) is 62.2 Å². The highest BCUT2D eigenvalue weighted by Gasteiger charge is 2.24. The van der Waals surface area contributed by atoms with E-state index >= 15 is 0 Å². The van der Waals surface area contributed by atoms with Crippen LogP contribution in [-0.4, -0.2) is 58.0 Å². The fourth-order valence-corrected chi connectivity index (χ4v) is 4.41. The van der Waals surface area contributed by atoms with Crippen LogP contribution < -0.4 is 5.32 Å². The molecule has 9 heteroatoms. The van der Waals surface area contributed by atoms with Crippen molar-refractivity contribution in [2.24, 2.45) is 4.99 Å². The summed E-state index contributed by atoms with van der Waals surface area (Å²) in [7, 11) is 0. The largest absolute Gasteiger partial charge is 0.469 e. The Labute approximate surface area is 204 Å². The standard InChI is InChI=1S/C22H28N6OS.HI/c1-2-6-20(7-3-1)30-16-12-24-22(23-11-8-19-5-4-15-29-19)28-13-9-18(10-14-28)21-25-17-26-27-21;/h1-7,15,17-18H,8-14,16H2,(H,23,24)(H,25,26,27);1H. The summed E-state index contributed by atoms with van der Waals surface area (Å²) in [6.07, 6.45) is 6.22. The lowest BCUT2D eigenvalue weighted by atomic mass is 9.96. The molecule has 3 aromatic rings. The molecule has 0 bridgehead atoms. The molecule has 0 atom stereocenters. The second-order valence-electron chi connectivity index (χ2n) is 7.26. The molecule has 0 aliphatic carbocycles. The Bertz CT molecular complexity index is 880. The molecule has 1 aliphatic rings. The number of piperidine rings is 1. The molecule has 0 unspecified atom stereocenters. The molecule has 2 aromatic heterocycles. The molecule has 166 valence electrons. The normalized spacial score (nSPS) is 15.0. The van der Waals surface area contributed by atoms with E-state index in [9.17, 15) is 0 Å². The van der Waals surface area contributed by atoms with Crippen molar-refractivity contribution in [1.29, 1.82) is 0 Å². The van der Waals surface area contributed by atoms with E-state index in [4.69, 9.17) is 9.41 Å². The van der Waals surface area contributed by atoms with Crippen molar-refractivity contribution < 1.29 is 4.42 Å². The Morgan fingerprint density at radius 2 is 2.03 bits per heavy atom. The van der Waals surface area contributed by atoms with Gasteiger partial charge in [0.25, 0.3) is 0 Å². The van der Waals surface area contributed by atoms with Gasteiger partial charge in [0.2, 0.25) is 0 Å². The Morgan fingerprint density at radius 3 is 2.74 bits per heavy atom. The molecule has 1 aromatic carbocycles. The third kappa shape index (κ3) is 7.27. The van der Waals surface area contributed by atoms with E-state index in [1.807, 2.05) is 23.9 Å². The number of likely N-dealkylation sites (tertiary alicyclic amines) is 1. The van der Waals surface area contributed by atoms with Crippen LogP contribution in [0.25, 0.3) is 0 Å². The first-order chi connectivity index (χ1) is 14.9. The highest BCUT2D eigenvalue weighted by molar-refractivity contribution is 14.0. The van der Waals surface area contributed by atoms with Crippen molar-refractivity contribution in [3.05, 3.63) is 66.6 Å². The molecular formula is C22H29IN6OS. The van der Waals surface area contributed by atoms with Crippen LogP contribution in [0.1, 0.15) is 30.3 Å². The molecule has 2 N–H and O–H groups in total. The maximum Gasteiger partial charge on any atom is 0.193 e. The molecule has 4 rings (SSSR count). The Balaban J connectivity index is 0.00000272. The molecule has 1 aliphatic heterocycles. The number of aromatic amines is 1. The summed E-state index contributed by atoms with van der Waals surface area (Å²) in [5, 5.41) is 10.6. The quantitative estimate of drug-likeness (QED) is 0.144. The Hall–Kier alpha value is -2.01. The SMILES string of the molecule is I.c1ccc(SCCNC(=NCCc2ccco2)N2CCC(c3ncn[nH]3)CC2)cc1. The van der Waals surface area contributed by atoms with Crippen LogP contribution in [0.3, 0.4) is 0 Å². The highest BCUT2D eigenvalue weighted by atomic mass is 127. The minimum atomic E-state index is 0. The number of aliphatic imine (C=N–C) groups is 1. The average Bonchev–Trinajstić information content (AvgIpc) is 3.51. The third-order valence-corrected chi connectivity index (χ3v) is 6.23. The molecule has 3 heterocycles. The predicted molar refractivity (Wildman–Crippen MR) is 135 cm³/mol. The molecule has 0 radical (unpaired) electrons. The highest BCUT2D eigenvalue weighted by Crippen LogP contribution is 2.25. The number of hydrogen-bond acceptors (Lipinski definition) is 5. The van der Waals surface area contributed by atoms with Gasteiger partial charge in [-0.1, -0.05) is 18.2 Å². The van der Waals surface area contributed by atoms with Crippen LogP contribution in [0.15, 0.2) is 69.4 Å². The number of H-pyrrole nitrogens is 1. The van der Waals surface area contributed by atoms with E-state index in [2.05, 4.69) is 55.7 Å². The monoisotopic (exact) mass is 552 g/mol. The van der Waals surface area contributed by atoms with Crippen LogP contribution in [-0.2, 0) is 6.42 Å². The molecule has 0 saturated carbocycles. The molecular weight excluding hydrogens is 523 g/mol. The van der Waals surface area contributed by atoms with Crippen LogP contribution >= 0.6 is 35.7 Å². The van der Waals surface area contributed by atoms with E-state index in [0.29, 0.717) is 12.5 Å². The van der Waals surface area contributed by atoms with Gasteiger partial charge in [-0.2, -0.15) is 5.10 Å². The van der Waals surface area contributed by atoms with Gasteiger partial charge in [0.1, 0.15) is 17.9 Å². The number of halogens is 1. The lowest BCUT2D eigenvalue weighted by molar-refractivity contribution is 0.299. The number of furan rings is 1. The zero-order valence-corrected chi connectivity index (χ0v) is 20.6. The number of hydrogen-bond donors (Lipinski definition) is 2. The molecule has 1 fully saturated rings. The molecule has 1 saturated heterocycles. The van der Waals surface area contributed by atoms with Gasteiger partial charge in [-0.15, -0.1) is 35.7 Å².